The molecule has 0 aliphatic carbocycles. The predicted molar refractivity (Wildman–Crippen MR) is 240 cm³/mol. The molecule has 3 heteroatoms. The topological polar surface area (TPSA) is 14.8 Å². The molecule has 3 heterocycles. The number of nitrogens with zero attached hydrogens (tertiary/aromatic N) is 3. The van der Waals surface area contributed by atoms with Crippen LogP contribution in [0.25, 0.3) is 105 Å². The minimum Gasteiger partial charge on any atom is -0.309 e. The first-order valence-corrected chi connectivity index (χ1v) is 19.6. The van der Waals surface area contributed by atoms with E-state index in [1.165, 1.54) is 87.7 Å². The molecule has 9 aromatic carbocycles. The first-order chi connectivity index (χ1) is 28.3. The van der Waals surface area contributed by atoms with Gasteiger partial charge in [0.2, 0.25) is 0 Å². The SMILES string of the molecule is c1ccc(-c2ccc3c4c5c6ccc(-n7c8ccccc8c8ccccc87)cc6n(-c6ccccc6)c5cc(-c5ccccc5)c4n(-c4ccccc4)c3c2)cc1. The van der Waals surface area contributed by atoms with Gasteiger partial charge in [-0.25, -0.2) is 0 Å². The van der Waals surface area contributed by atoms with Gasteiger partial charge in [0, 0.05) is 54.9 Å². The van der Waals surface area contributed by atoms with Crippen molar-refractivity contribution < 1.29 is 0 Å². The predicted octanol–water partition coefficient (Wildman–Crippen LogP) is 14.3. The van der Waals surface area contributed by atoms with Gasteiger partial charge >= 0.3 is 0 Å². The lowest BCUT2D eigenvalue weighted by Gasteiger charge is -2.14. The summed E-state index contributed by atoms with van der Waals surface area (Å²) >= 11 is 0. The van der Waals surface area contributed by atoms with E-state index in [2.05, 4.69) is 226 Å². The van der Waals surface area contributed by atoms with Gasteiger partial charge < -0.3 is 13.7 Å². The molecular formula is C54H35N3. The van der Waals surface area contributed by atoms with E-state index in [-0.39, 0.29) is 0 Å². The van der Waals surface area contributed by atoms with Crippen LogP contribution in [0.3, 0.4) is 0 Å². The van der Waals surface area contributed by atoms with E-state index in [0.717, 1.165) is 17.1 Å². The highest BCUT2D eigenvalue weighted by Gasteiger charge is 2.25. The number of benzene rings is 9. The zero-order chi connectivity index (χ0) is 37.5. The van der Waals surface area contributed by atoms with Gasteiger partial charge in [-0.15, -0.1) is 0 Å². The molecule has 0 unspecified atom stereocenters. The molecule has 0 bridgehead atoms. The van der Waals surface area contributed by atoms with Gasteiger partial charge in [-0.1, -0.05) is 152 Å². The maximum Gasteiger partial charge on any atom is 0.0627 e. The zero-order valence-electron chi connectivity index (χ0n) is 31.0. The molecule has 0 amide bonds. The summed E-state index contributed by atoms with van der Waals surface area (Å²) in [5.74, 6) is 0. The lowest BCUT2D eigenvalue weighted by molar-refractivity contribution is 1.15. The van der Waals surface area contributed by atoms with Crippen LogP contribution < -0.4 is 0 Å². The lowest BCUT2D eigenvalue weighted by Crippen LogP contribution is -1.98. The summed E-state index contributed by atoms with van der Waals surface area (Å²) in [6, 6.07) is 77.4. The number of aromatic nitrogens is 3. The fourth-order valence-electron chi connectivity index (χ4n) is 9.38. The molecule has 0 fully saturated rings. The third-order valence-electron chi connectivity index (χ3n) is 11.8. The molecule has 3 nitrogen and oxygen atoms in total. The van der Waals surface area contributed by atoms with Crippen LogP contribution in [-0.4, -0.2) is 13.7 Å². The molecule has 0 aliphatic heterocycles. The minimum absolute atomic E-state index is 1.13. The molecule has 57 heavy (non-hydrogen) atoms. The number of fused-ring (bicyclic) bond motifs is 10. The number of hydrogen-bond acceptors (Lipinski definition) is 0. The molecule has 0 saturated heterocycles. The fourth-order valence-corrected chi connectivity index (χ4v) is 9.38. The lowest BCUT2D eigenvalue weighted by atomic mass is 9.97. The third kappa shape index (κ3) is 4.73. The summed E-state index contributed by atoms with van der Waals surface area (Å²) in [5, 5.41) is 7.49. The molecule has 0 atom stereocenters. The summed E-state index contributed by atoms with van der Waals surface area (Å²) in [6.45, 7) is 0. The van der Waals surface area contributed by atoms with Crippen molar-refractivity contribution in [1.82, 2.24) is 13.7 Å². The van der Waals surface area contributed by atoms with E-state index in [1.54, 1.807) is 0 Å². The zero-order valence-corrected chi connectivity index (χ0v) is 31.0. The van der Waals surface area contributed by atoms with Crippen LogP contribution in [0.2, 0.25) is 0 Å². The molecule has 12 rings (SSSR count). The maximum absolute atomic E-state index is 2.50. The molecule has 0 radical (unpaired) electrons. The van der Waals surface area contributed by atoms with Gasteiger partial charge in [0.15, 0.2) is 0 Å². The molecule has 3 aromatic heterocycles. The third-order valence-corrected chi connectivity index (χ3v) is 11.8. The quantitative estimate of drug-likeness (QED) is 0.168. The standard InChI is InChI=1S/C54H35N3/c1-5-17-36(18-6-1)38-29-31-45-49(33-38)57(40-23-11-4-12-24-40)54-46(37-19-7-2-8-20-37)35-51-52(53(45)54)44-32-30-41(34-50(44)55(51)39-21-9-3-10-22-39)56-47-27-15-13-25-42(47)43-26-14-16-28-48(43)56/h1-35H. The van der Waals surface area contributed by atoms with Gasteiger partial charge in [0.1, 0.15) is 0 Å². The van der Waals surface area contributed by atoms with Crippen LogP contribution in [0.15, 0.2) is 212 Å². The second-order valence-electron chi connectivity index (χ2n) is 14.9. The van der Waals surface area contributed by atoms with Gasteiger partial charge in [-0.05, 0) is 77.4 Å². The second-order valence-corrected chi connectivity index (χ2v) is 14.9. The van der Waals surface area contributed by atoms with E-state index >= 15 is 0 Å². The Labute approximate surface area is 329 Å². The van der Waals surface area contributed by atoms with Crippen molar-refractivity contribution in [1.29, 1.82) is 0 Å². The van der Waals surface area contributed by atoms with Crippen molar-refractivity contribution in [2.75, 3.05) is 0 Å². The smallest absolute Gasteiger partial charge is 0.0627 e. The average molecular weight is 726 g/mol. The first-order valence-electron chi connectivity index (χ1n) is 19.6. The normalized spacial score (nSPS) is 11.9. The Kier molecular flexibility index (Phi) is 6.93. The van der Waals surface area contributed by atoms with Crippen LogP contribution in [0.5, 0.6) is 0 Å². The second kappa shape index (κ2) is 12.5. The summed E-state index contributed by atoms with van der Waals surface area (Å²) in [6.07, 6.45) is 0. The van der Waals surface area contributed by atoms with Crippen LogP contribution in [0.4, 0.5) is 0 Å². The summed E-state index contributed by atoms with van der Waals surface area (Å²) < 4.78 is 7.41. The van der Waals surface area contributed by atoms with Gasteiger partial charge in [-0.3, -0.25) is 0 Å². The number of para-hydroxylation sites is 4. The van der Waals surface area contributed by atoms with Crippen LogP contribution >= 0.6 is 0 Å². The molecule has 0 N–H and O–H groups in total. The van der Waals surface area contributed by atoms with Crippen molar-refractivity contribution in [2.45, 2.75) is 0 Å². The molecule has 0 saturated carbocycles. The van der Waals surface area contributed by atoms with E-state index in [1.807, 2.05) is 0 Å². The highest BCUT2D eigenvalue weighted by molar-refractivity contribution is 6.32. The minimum atomic E-state index is 1.13. The van der Waals surface area contributed by atoms with Gasteiger partial charge in [0.05, 0.1) is 33.1 Å². The first kappa shape index (κ1) is 31.7. The Bertz CT molecular complexity index is 3430. The highest BCUT2D eigenvalue weighted by Crippen LogP contribution is 2.47. The van der Waals surface area contributed by atoms with Crippen molar-refractivity contribution in [3.63, 3.8) is 0 Å². The molecular weight excluding hydrogens is 691 g/mol. The largest absolute Gasteiger partial charge is 0.309 e. The number of hydrogen-bond donors (Lipinski definition) is 0. The maximum atomic E-state index is 2.50. The molecule has 12 aromatic rings. The van der Waals surface area contributed by atoms with E-state index in [9.17, 15) is 0 Å². The molecule has 0 aliphatic rings. The summed E-state index contributed by atoms with van der Waals surface area (Å²) in [5.41, 5.74) is 15.3. The summed E-state index contributed by atoms with van der Waals surface area (Å²) in [7, 11) is 0. The van der Waals surface area contributed by atoms with Crippen molar-refractivity contribution in [3.8, 4) is 39.3 Å². The Balaban J connectivity index is 1.28. The Morgan fingerprint density at radius 3 is 1.39 bits per heavy atom. The van der Waals surface area contributed by atoms with Crippen LogP contribution in [0, 0.1) is 0 Å². The summed E-state index contributed by atoms with van der Waals surface area (Å²) in [4.78, 5) is 0. The van der Waals surface area contributed by atoms with E-state index in [4.69, 9.17) is 0 Å². The van der Waals surface area contributed by atoms with E-state index < -0.39 is 0 Å². The Morgan fingerprint density at radius 2 is 0.737 bits per heavy atom. The Morgan fingerprint density at radius 1 is 0.246 bits per heavy atom. The van der Waals surface area contributed by atoms with Gasteiger partial charge in [0.25, 0.3) is 0 Å². The highest BCUT2D eigenvalue weighted by atomic mass is 15.0. The molecule has 266 valence electrons. The fraction of sp³-hybridized carbons (Fsp3) is 0. The number of rotatable bonds is 5. The Hall–Kier alpha value is -7.62. The van der Waals surface area contributed by atoms with Gasteiger partial charge in [-0.2, -0.15) is 0 Å². The average Bonchev–Trinajstić information content (AvgIpc) is 3.92. The van der Waals surface area contributed by atoms with Crippen molar-refractivity contribution >= 4 is 65.4 Å². The van der Waals surface area contributed by atoms with Crippen molar-refractivity contribution in [3.05, 3.63) is 212 Å². The molecule has 0 spiro atoms. The van der Waals surface area contributed by atoms with Crippen molar-refractivity contribution in [2.24, 2.45) is 0 Å². The van der Waals surface area contributed by atoms with E-state index in [0.29, 0.717) is 0 Å². The van der Waals surface area contributed by atoms with Crippen LogP contribution in [0.1, 0.15) is 0 Å². The van der Waals surface area contributed by atoms with Crippen LogP contribution in [-0.2, 0) is 0 Å². The monoisotopic (exact) mass is 725 g/mol.